The van der Waals surface area contributed by atoms with E-state index in [0.717, 1.165) is 16.5 Å². The lowest BCUT2D eigenvalue weighted by Gasteiger charge is -2.10. The highest BCUT2D eigenvalue weighted by atomic mass is 35.5. The third-order valence-corrected chi connectivity index (χ3v) is 4.58. The van der Waals surface area contributed by atoms with Gasteiger partial charge in [-0.1, -0.05) is 46.2 Å². The lowest BCUT2D eigenvalue weighted by molar-refractivity contribution is 0.0733. The van der Waals surface area contributed by atoms with E-state index in [4.69, 9.17) is 28.0 Å². The fourth-order valence-electron chi connectivity index (χ4n) is 2.60. The molecule has 2 aromatic carbocycles. The number of fused-ring (bicyclic) bond motifs is 2. The molecule has 0 aliphatic carbocycles. The van der Waals surface area contributed by atoms with Crippen LogP contribution in [0.1, 0.15) is 11.3 Å². The van der Waals surface area contributed by atoms with Gasteiger partial charge in [0.25, 0.3) is 0 Å². The second kappa shape index (κ2) is 5.92. The van der Waals surface area contributed by atoms with Crippen molar-refractivity contribution in [3.05, 3.63) is 63.8 Å². The second-order valence-electron chi connectivity index (χ2n) is 5.38. The van der Waals surface area contributed by atoms with Crippen molar-refractivity contribution < 1.29 is 4.84 Å². The van der Waals surface area contributed by atoms with Gasteiger partial charge in [0.05, 0.1) is 10.5 Å². The van der Waals surface area contributed by atoms with Crippen LogP contribution in [0.3, 0.4) is 0 Å². The Bertz CT molecular complexity index is 1060. The summed E-state index contributed by atoms with van der Waals surface area (Å²) in [6.45, 7) is 2.15. The maximum atomic E-state index is 6.45. The summed E-state index contributed by atoms with van der Waals surface area (Å²) in [6.07, 6.45) is 0. The van der Waals surface area contributed by atoms with Crippen LogP contribution in [0.5, 0.6) is 0 Å². The average molecular weight is 359 g/mol. The van der Waals surface area contributed by atoms with Crippen molar-refractivity contribution in [2.75, 3.05) is 0 Å². The van der Waals surface area contributed by atoms with E-state index in [0.29, 0.717) is 26.8 Å². The number of hydrogen-bond acceptors (Lipinski definition) is 4. The summed E-state index contributed by atoms with van der Waals surface area (Å²) in [4.78, 5) is 11.6. The number of aromatic nitrogens is 4. The molecule has 0 fully saturated rings. The predicted molar refractivity (Wildman–Crippen MR) is 94.3 cm³/mol. The van der Waals surface area contributed by atoms with E-state index in [9.17, 15) is 0 Å². The van der Waals surface area contributed by atoms with Gasteiger partial charge in [-0.3, -0.25) is 0 Å². The number of nitrogens with zero attached hydrogens (tertiary/aromatic N) is 4. The molecule has 24 heavy (non-hydrogen) atoms. The Morgan fingerprint density at radius 2 is 1.92 bits per heavy atom. The first kappa shape index (κ1) is 15.2. The lowest BCUT2D eigenvalue weighted by atomic mass is 10.1. The van der Waals surface area contributed by atoms with Crippen LogP contribution in [0.2, 0.25) is 10.0 Å². The summed E-state index contributed by atoms with van der Waals surface area (Å²) < 4.78 is 0. The van der Waals surface area contributed by atoms with Crippen molar-refractivity contribution >= 4 is 45.1 Å². The number of pyridine rings is 1. The molecular formula is C17H12Cl2N4O. The van der Waals surface area contributed by atoms with Crippen molar-refractivity contribution in [3.63, 3.8) is 0 Å². The SMILES string of the molecule is Cc1c(Cl)c(COn2nnc3ccc(Cl)cc32)nc2ccccc12. The summed E-state index contributed by atoms with van der Waals surface area (Å²) in [7, 11) is 0. The first-order chi connectivity index (χ1) is 11.6. The minimum Gasteiger partial charge on any atom is -0.388 e. The molecule has 0 bridgehead atoms. The number of halogens is 2. The zero-order valence-corrected chi connectivity index (χ0v) is 14.2. The molecule has 2 aromatic heterocycles. The first-order valence-electron chi connectivity index (χ1n) is 7.31. The number of benzene rings is 2. The molecule has 0 aliphatic heterocycles. The summed E-state index contributed by atoms with van der Waals surface area (Å²) >= 11 is 12.5. The molecule has 0 saturated heterocycles. The quantitative estimate of drug-likeness (QED) is 0.550. The monoisotopic (exact) mass is 358 g/mol. The molecule has 0 aliphatic rings. The molecular weight excluding hydrogens is 347 g/mol. The molecule has 7 heteroatoms. The van der Waals surface area contributed by atoms with Gasteiger partial charge in [-0.15, -0.1) is 5.10 Å². The zero-order valence-electron chi connectivity index (χ0n) is 12.7. The van der Waals surface area contributed by atoms with Gasteiger partial charge in [-0.25, -0.2) is 4.98 Å². The third-order valence-electron chi connectivity index (χ3n) is 3.85. The van der Waals surface area contributed by atoms with Crippen LogP contribution in [0.15, 0.2) is 42.5 Å². The van der Waals surface area contributed by atoms with E-state index >= 15 is 0 Å². The zero-order chi connectivity index (χ0) is 16.7. The minimum atomic E-state index is 0.176. The van der Waals surface area contributed by atoms with Crippen molar-refractivity contribution in [1.29, 1.82) is 0 Å². The van der Waals surface area contributed by atoms with Gasteiger partial charge in [-0.2, -0.15) is 0 Å². The minimum absolute atomic E-state index is 0.176. The van der Waals surface area contributed by atoms with Crippen LogP contribution in [-0.4, -0.2) is 20.1 Å². The van der Waals surface area contributed by atoms with E-state index in [-0.39, 0.29) is 6.61 Å². The highest BCUT2D eigenvalue weighted by Gasteiger charge is 2.12. The number of rotatable bonds is 3. The van der Waals surface area contributed by atoms with Crippen molar-refractivity contribution in [1.82, 2.24) is 20.1 Å². The fraction of sp³-hybridized carbons (Fsp3) is 0.118. The van der Waals surface area contributed by atoms with Crippen LogP contribution in [0, 0.1) is 6.92 Å². The second-order valence-corrected chi connectivity index (χ2v) is 6.20. The van der Waals surface area contributed by atoms with Gasteiger partial charge in [0.1, 0.15) is 16.7 Å². The highest BCUT2D eigenvalue weighted by Crippen LogP contribution is 2.27. The Morgan fingerprint density at radius 3 is 2.79 bits per heavy atom. The van der Waals surface area contributed by atoms with Crippen LogP contribution in [0.4, 0.5) is 0 Å². The van der Waals surface area contributed by atoms with E-state index < -0.39 is 0 Å². The van der Waals surface area contributed by atoms with Crippen molar-refractivity contribution in [2.45, 2.75) is 13.5 Å². The number of aryl methyl sites for hydroxylation is 1. The van der Waals surface area contributed by atoms with Crippen LogP contribution < -0.4 is 4.84 Å². The molecule has 4 rings (SSSR count). The smallest absolute Gasteiger partial charge is 0.160 e. The largest absolute Gasteiger partial charge is 0.388 e. The van der Waals surface area contributed by atoms with Crippen molar-refractivity contribution in [3.8, 4) is 0 Å². The molecule has 0 N–H and O–H groups in total. The third kappa shape index (κ3) is 2.56. The molecule has 4 aromatic rings. The normalized spacial score (nSPS) is 11.3. The van der Waals surface area contributed by atoms with Crippen LogP contribution in [0.25, 0.3) is 21.9 Å². The van der Waals surface area contributed by atoms with Gasteiger partial charge in [0, 0.05) is 10.4 Å². The molecule has 0 atom stereocenters. The molecule has 0 unspecified atom stereocenters. The number of para-hydroxylation sites is 1. The molecule has 0 saturated carbocycles. The topological polar surface area (TPSA) is 52.8 Å². The van der Waals surface area contributed by atoms with Gasteiger partial charge < -0.3 is 4.84 Å². The van der Waals surface area contributed by atoms with E-state index in [1.165, 1.54) is 4.85 Å². The Morgan fingerprint density at radius 1 is 1.08 bits per heavy atom. The predicted octanol–water partition coefficient (Wildman–Crippen LogP) is 4.22. The Balaban J connectivity index is 1.69. The van der Waals surface area contributed by atoms with Gasteiger partial charge in [0.2, 0.25) is 0 Å². The molecule has 5 nitrogen and oxygen atoms in total. The summed E-state index contributed by atoms with van der Waals surface area (Å²) in [5.74, 6) is 0. The average Bonchev–Trinajstić information content (AvgIpc) is 2.99. The first-order valence-corrected chi connectivity index (χ1v) is 8.07. The maximum absolute atomic E-state index is 6.45. The Kier molecular flexibility index (Phi) is 3.75. The van der Waals surface area contributed by atoms with Crippen molar-refractivity contribution in [2.24, 2.45) is 0 Å². The molecule has 0 spiro atoms. The summed E-state index contributed by atoms with van der Waals surface area (Å²) in [6, 6.07) is 13.2. The van der Waals surface area contributed by atoms with Gasteiger partial charge in [-0.05, 0) is 42.0 Å². The van der Waals surface area contributed by atoms with E-state index in [1.807, 2.05) is 31.2 Å². The van der Waals surface area contributed by atoms with Crippen LogP contribution in [-0.2, 0) is 6.61 Å². The Hall–Kier alpha value is -2.37. The number of hydrogen-bond donors (Lipinski definition) is 0. The van der Waals surface area contributed by atoms with Gasteiger partial charge >= 0.3 is 0 Å². The molecule has 120 valence electrons. The fourth-order valence-corrected chi connectivity index (χ4v) is 2.97. The van der Waals surface area contributed by atoms with E-state index in [2.05, 4.69) is 15.3 Å². The maximum Gasteiger partial charge on any atom is 0.160 e. The van der Waals surface area contributed by atoms with Gasteiger partial charge in [0.15, 0.2) is 6.61 Å². The summed E-state index contributed by atoms with van der Waals surface area (Å²) in [5, 5.41) is 10.2. The lowest BCUT2D eigenvalue weighted by Crippen LogP contribution is -2.14. The molecule has 0 radical (unpaired) electrons. The Labute approximate surface area is 147 Å². The van der Waals surface area contributed by atoms with E-state index in [1.54, 1.807) is 18.2 Å². The summed E-state index contributed by atoms with van der Waals surface area (Å²) in [5.41, 5.74) is 3.90. The standard InChI is InChI=1S/C17H12Cl2N4O/c1-10-12-4-2-3-5-13(12)20-15(17(10)19)9-24-23-16-8-11(18)6-7-14(16)21-22-23/h2-8H,9H2,1H3. The molecule has 0 amide bonds. The highest BCUT2D eigenvalue weighted by molar-refractivity contribution is 6.32. The molecule has 2 heterocycles. The van der Waals surface area contributed by atoms with Crippen LogP contribution >= 0.6 is 23.2 Å².